The third-order valence-corrected chi connectivity index (χ3v) is 4.18. The second-order valence-corrected chi connectivity index (χ2v) is 5.77. The molecule has 0 radical (unpaired) electrons. The van der Waals surface area contributed by atoms with Crippen LogP contribution >= 0.6 is 0 Å². The van der Waals surface area contributed by atoms with E-state index in [1.54, 1.807) is 0 Å². The Morgan fingerprint density at radius 2 is 1.38 bits per heavy atom. The van der Waals surface area contributed by atoms with Crippen LogP contribution < -0.4 is 10.6 Å². The van der Waals surface area contributed by atoms with Gasteiger partial charge in [0.15, 0.2) is 0 Å². The lowest BCUT2D eigenvalue weighted by atomic mass is 9.84. The lowest BCUT2D eigenvalue weighted by Gasteiger charge is -2.23. The van der Waals surface area contributed by atoms with Crippen molar-refractivity contribution in [1.29, 1.82) is 0 Å². The maximum atomic E-state index is 12.1. The molecule has 0 aromatic carbocycles. The summed E-state index contributed by atoms with van der Waals surface area (Å²) in [5.74, 6) is -4.53. The summed E-state index contributed by atoms with van der Waals surface area (Å²) in [6.45, 7) is 1.84. The monoisotopic (exact) mass is 344 g/mol. The van der Waals surface area contributed by atoms with Crippen LogP contribution in [0.2, 0.25) is 0 Å². The number of carboxylic acids is 2. The van der Waals surface area contributed by atoms with Crippen LogP contribution in [0.4, 0.5) is 0 Å². The summed E-state index contributed by atoms with van der Waals surface area (Å²) in [6, 6.07) is 0. The second-order valence-electron chi connectivity index (χ2n) is 5.77. The Balaban J connectivity index is 4.67. The van der Waals surface area contributed by atoms with E-state index in [4.69, 9.17) is 10.2 Å². The van der Waals surface area contributed by atoms with Gasteiger partial charge < -0.3 is 20.8 Å². The van der Waals surface area contributed by atoms with E-state index in [-0.39, 0.29) is 18.2 Å². The molecule has 0 aliphatic heterocycles. The molecule has 24 heavy (non-hydrogen) atoms. The first kappa shape index (κ1) is 21.9. The summed E-state index contributed by atoms with van der Waals surface area (Å²) in [5, 5.41) is 22.8. The highest BCUT2D eigenvalue weighted by molar-refractivity contribution is 5.87. The predicted molar refractivity (Wildman–Crippen MR) is 87.3 cm³/mol. The number of hydrogen-bond donors (Lipinski definition) is 4. The fraction of sp³-hybridized carbons (Fsp3) is 0.750. The van der Waals surface area contributed by atoms with Gasteiger partial charge in [0.1, 0.15) is 0 Å². The van der Waals surface area contributed by atoms with Crippen molar-refractivity contribution >= 4 is 23.8 Å². The number of aliphatic carboxylic acids is 2. The standard InChI is InChI=1S/C16H28N2O6/c1-4-11(14(21)17-2)12(15(22)18-3)8-6-5-7-10(16(23)24)9-13(19)20/h10-12H,4-9H2,1-3H3,(H,17,21)(H,18,22)(H,19,20)(H,23,24). The molecule has 0 aliphatic rings. The van der Waals surface area contributed by atoms with Crippen molar-refractivity contribution in [2.45, 2.75) is 45.4 Å². The van der Waals surface area contributed by atoms with Crippen molar-refractivity contribution in [1.82, 2.24) is 10.6 Å². The van der Waals surface area contributed by atoms with Gasteiger partial charge in [-0.15, -0.1) is 0 Å². The van der Waals surface area contributed by atoms with Gasteiger partial charge in [-0.05, 0) is 19.3 Å². The van der Waals surface area contributed by atoms with Crippen molar-refractivity contribution in [3.8, 4) is 0 Å². The molecule has 0 fully saturated rings. The zero-order valence-corrected chi connectivity index (χ0v) is 14.5. The summed E-state index contributed by atoms with van der Waals surface area (Å²) >= 11 is 0. The molecule has 0 aliphatic carbocycles. The van der Waals surface area contributed by atoms with Crippen LogP contribution in [0.3, 0.4) is 0 Å². The summed E-state index contributed by atoms with van der Waals surface area (Å²) in [5.41, 5.74) is 0. The van der Waals surface area contributed by atoms with Crippen LogP contribution in [-0.4, -0.2) is 48.1 Å². The van der Waals surface area contributed by atoms with Crippen molar-refractivity contribution in [2.75, 3.05) is 14.1 Å². The summed E-state index contributed by atoms with van der Waals surface area (Å²) in [6.07, 6.45) is 1.83. The van der Waals surface area contributed by atoms with Crippen molar-refractivity contribution in [2.24, 2.45) is 17.8 Å². The zero-order valence-electron chi connectivity index (χ0n) is 14.5. The first-order valence-corrected chi connectivity index (χ1v) is 8.16. The van der Waals surface area contributed by atoms with E-state index < -0.39 is 36.1 Å². The molecule has 0 saturated carbocycles. The van der Waals surface area contributed by atoms with Crippen molar-refractivity contribution < 1.29 is 29.4 Å². The average molecular weight is 344 g/mol. The molecule has 0 spiro atoms. The van der Waals surface area contributed by atoms with E-state index in [2.05, 4.69) is 10.6 Å². The Kier molecular flexibility index (Phi) is 10.4. The third-order valence-electron chi connectivity index (χ3n) is 4.18. The van der Waals surface area contributed by atoms with E-state index in [1.807, 2.05) is 6.92 Å². The van der Waals surface area contributed by atoms with Gasteiger partial charge in [-0.1, -0.05) is 19.8 Å². The quantitative estimate of drug-likeness (QED) is 0.388. The normalized spacial score (nSPS) is 14.3. The maximum Gasteiger partial charge on any atom is 0.307 e. The smallest absolute Gasteiger partial charge is 0.307 e. The van der Waals surface area contributed by atoms with Gasteiger partial charge >= 0.3 is 11.9 Å². The Morgan fingerprint density at radius 3 is 1.79 bits per heavy atom. The van der Waals surface area contributed by atoms with Gasteiger partial charge in [0.25, 0.3) is 0 Å². The zero-order chi connectivity index (χ0) is 18.7. The number of rotatable bonds is 12. The van der Waals surface area contributed by atoms with Crippen molar-refractivity contribution in [3.05, 3.63) is 0 Å². The average Bonchev–Trinajstić information content (AvgIpc) is 2.54. The number of unbranched alkanes of at least 4 members (excludes halogenated alkanes) is 1. The molecule has 0 heterocycles. The van der Waals surface area contributed by atoms with Crippen LogP contribution in [-0.2, 0) is 19.2 Å². The lowest BCUT2D eigenvalue weighted by Crippen LogP contribution is -2.40. The SMILES string of the molecule is CCC(C(=O)NC)C(CCCCC(CC(=O)O)C(=O)O)C(=O)NC. The number of carbonyl (C=O) groups excluding carboxylic acids is 2. The summed E-state index contributed by atoms with van der Waals surface area (Å²) < 4.78 is 0. The molecule has 2 amide bonds. The van der Waals surface area contributed by atoms with Gasteiger partial charge in [0.05, 0.1) is 12.3 Å². The van der Waals surface area contributed by atoms with E-state index in [1.165, 1.54) is 14.1 Å². The first-order chi connectivity index (χ1) is 11.3. The predicted octanol–water partition coefficient (Wildman–Crippen LogP) is 0.857. The maximum absolute atomic E-state index is 12.1. The number of nitrogens with one attached hydrogen (secondary N) is 2. The molecule has 8 heteroatoms. The Morgan fingerprint density at radius 1 is 0.875 bits per heavy atom. The minimum Gasteiger partial charge on any atom is -0.481 e. The molecule has 0 bridgehead atoms. The van der Waals surface area contributed by atoms with Crippen LogP contribution in [0, 0.1) is 17.8 Å². The molecular formula is C16H28N2O6. The lowest BCUT2D eigenvalue weighted by molar-refractivity contribution is -0.148. The molecule has 0 aromatic heterocycles. The molecule has 4 N–H and O–H groups in total. The van der Waals surface area contributed by atoms with Gasteiger partial charge in [-0.3, -0.25) is 19.2 Å². The Bertz CT molecular complexity index is 452. The van der Waals surface area contributed by atoms with Crippen LogP contribution in [0.5, 0.6) is 0 Å². The van der Waals surface area contributed by atoms with Gasteiger partial charge in [-0.2, -0.15) is 0 Å². The van der Waals surface area contributed by atoms with E-state index in [9.17, 15) is 19.2 Å². The second kappa shape index (κ2) is 11.4. The third kappa shape index (κ3) is 7.43. The summed E-state index contributed by atoms with van der Waals surface area (Å²) in [4.78, 5) is 45.7. The molecule has 138 valence electrons. The topological polar surface area (TPSA) is 133 Å². The minimum atomic E-state index is -1.14. The molecule has 8 nitrogen and oxygen atoms in total. The minimum absolute atomic E-state index is 0.194. The highest BCUT2D eigenvalue weighted by Crippen LogP contribution is 2.24. The van der Waals surface area contributed by atoms with Gasteiger partial charge in [0, 0.05) is 25.9 Å². The molecule has 3 atom stereocenters. The first-order valence-electron chi connectivity index (χ1n) is 8.16. The molecule has 0 saturated heterocycles. The van der Waals surface area contributed by atoms with E-state index >= 15 is 0 Å². The largest absolute Gasteiger partial charge is 0.481 e. The number of carboxylic acid groups (broad SMARTS) is 2. The summed E-state index contributed by atoms with van der Waals surface area (Å²) in [7, 11) is 3.04. The van der Waals surface area contributed by atoms with Crippen LogP contribution in [0.1, 0.15) is 45.4 Å². The van der Waals surface area contributed by atoms with Crippen LogP contribution in [0.15, 0.2) is 0 Å². The Hall–Kier alpha value is -2.12. The number of amides is 2. The fourth-order valence-electron chi connectivity index (χ4n) is 2.82. The van der Waals surface area contributed by atoms with Gasteiger partial charge in [0.2, 0.25) is 11.8 Å². The van der Waals surface area contributed by atoms with Crippen molar-refractivity contribution in [3.63, 3.8) is 0 Å². The molecular weight excluding hydrogens is 316 g/mol. The van der Waals surface area contributed by atoms with E-state index in [0.717, 1.165) is 0 Å². The molecule has 3 unspecified atom stereocenters. The molecule has 0 aromatic rings. The van der Waals surface area contributed by atoms with Gasteiger partial charge in [-0.25, -0.2) is 0 Å². The van der Waals surface area contributed by atoms with E-state index in [0.29, 0.717) is 25.7 Å². The Labute approximate surface area is 142 Å². The molecule has 0 rings (SSSR count). The van der Waals surface area contributed by atoms with Crippen LogP contribution in [0.25, 0.3) is 0 Å². The number of carbonyl (C=O) groups is 4. The number of hydrogen-bond acceptors (Lipinski definition) is 4. The highest BCUT2D eigenvalue weighted by atomic mass is 16.4. The highest BCUT2D eigenvalue weighted by Gasteiger charge is 2.31. The fourth-order valence-corrected chi connectivity index (χ4v) is 2.82.